The second-order valence-corrected chi connectivity index (χ2v) is 8.12. The largest absolute Gasteiger partial charge is 0.497 e. The number of anilines is 1. The van der Waals surface area contributed by atoms with Gasteiger partial charge < -0.3 is 25.0 Å². The number of carbonyl (C=O) groups excluding carboxylic acids is 4. The second kappa shape index (κ2) is 14.3. The lowest BCUT2D eigenvalue weighted by molar-refractivity contribution is -0.154. The zero-order valence-corrected chi connectivity index (χ0v) is 21.1. The van der Waals surface area contributed by atoms with E-state index in [1.807, 2.05) is 32.0 Å². The maximum atomic E-state index is 12.6. The van der Waals surface area contributed by atoms with Gasteiger partial charge in [0.1, 0.15) is 11.8 Å². The van der Waals surface area contributed by atoms with Crippen molar-refractivity contribution in [2.24, 2.45) is 0 Å². The van der Waals surface area contributed by atoms with Crippen LogP contribution in [-0.4, -0.2) is 61.4 Å². The van der Waals surface area contributed by atoms with Crippen LogP contribution in [0.5, 0.6) is 5.75 Å². The number of hydrogen-bond donors (Lipinski definition) is 2. The summed E-state index contributed by atoms with van der Waals surface area (Å²) in [5.74, 6) is -1.38. The Bertz CT molecular complexity index is 1080. The predicted octanol–water partition coefficient (Wildman–Crippen LogP) is 2.94. The van der Waals surface area contributed by atoms with E-state index in [0.29, 0.717) is 24.4 Å². The Kier molecular flexibility index (Phi) is 11.2. The zero-order chi connectivity index (χ0) is 26.5. The molecule has 0 radical (unpaired) electrons. The SMILES string of the molecule is CCCN(CC(=O)Nc1ccccc1C)C(=O)COC(=O)C(C)NC(=O)C=Cc1ccc(OC)cc1. The van der Waals surface area contributed by atoms with Gasteiger partial charge in [-0.3, -0.25) is 14.4 Å². The van der Waals surface area contributed by atoms with Gasteiger partial charge in [-0.1, -0.05) is 37.3 Å². The molecule has 2 rings (SSSR count). The van der Waals surface area contributed by atoms with Gasteiger partial charge in [-0.25, -0.2) is 4.79 Å². The summed E-state index contributed by atoms with van der Waals surface area (Å²) in [6.07, 6.45) is 3.53. The highest BCUT2D eigenvalue weighted by atomic mass is 16.5. The van der Waals surface area contributed by atoms with Gasteiger partial charge in [-0.2, -0.15) is 0 Å². The molecule has 1 atom stereocenters. The van der Waals surface area contributed by atoms with Crippen LogP contribution in [0.2, 0.25) is 0 Å². The van der Waals surface area contributed by atoms with E-state index in [1.165, 1.54) is 17.9 Å². The van der Waals surface area contributed by atoms with Crippen LogP contribution in [0.3, 0.4) is 0 Å². The standard InChI is InChI=1S/C27H33N3O6/c1-5-16-30(17-25(32)29-23-9-7-6-8-19(23)2)26(33)18-36-27(34)20(3)28-24(31)15-12-21-10-13-22(35-4)14-11-21/h6-15,20H,5,16-18H2,1-4H3,(H,28,31)(H,29,32). The number of para-hydroxylation sites is 1. The van der Waals surface area contributed by atoms with Gasteiger partial charge in [0.2, 0.25) is 11.8 Å². The molecule has 0 aliphatic carbocycles. The van der Waals surface area contributed by atoms with E-state index in [2.05, 4.69) is 10.6 Å². The molecule has 0 aliphatic rings. The molecule has 0 heterocycles. The molecular weight excluding hydrogens is 462 g/mol. The molecule has 1 unspecified atom stereocenters. The van der Waals surface area contributed by atoms with Crippen LogP contribution in [0, 0.1) is 6.92 Å². The molecule has 36 heavy (non-hydrogen) atoms. The first-order valence-electron chi connectivity index (χ1n) is 11.7. The Hall–Kier alpha value is -4.14. The first-order chi connectivity index (χ1) is 17.2. The predicted molar refractivity (Wildman–Crippen MR) is 137 cm³/mol. The number of esters is 1. The van der Waals surface area contributed by atoms with E-state index in [-0.39, 0.29) is 12.5 Å². The fourth-order valence-corrected chi connectivity index (χ4v) is 3.19. The fourth-order valence-electron chi connectivity index (χ4n) is 3.19. The highest BCUT2D eigenvalue weighted by Crippen LogP contribution is 2.13. The fraction of sp³-hybridized carbons (Fsp3) is 0.333. The second-order valence-electron chi connectivity index (χ2n) is 8.12. The normalized spacial score (nSPS) is 11.4. The molecule has 9 heteroatoms. The quantitative estimate of drug-likeness (QED) is 0.346. The number of nitrogens with one attached hydrogen (secondary N) is 2. The van der Waals surface area contributed by atoms with Crippen LogP contribution in [0.1, 0.15) is 31.4 Å². The lowest BCUT2D eigenvalue weighted by Gasteiger charge is -2.22. The molecule has 2 N–H and O–H groups in total. The van der Waals surface area contributed by atoms with Crippen molar-refractivity contribution < 1.29 is 28.7 Å². The number of ether oxygens (including phenoxy) is 2. The van der Waals surface area contributed by atoms with E-state index in [0.717, 1.165) is 11.1 Å². The van der Waals surface area contributed by atoms with Crippen molar-refractivity contribution in [3.8, 4) is 5.75 Å². The van der Waals surface area contributed by atoms with Crippen LogP contribution < -0.4 is 15.4 Å². The van der Waals surface area contributed by atoms with Crippen LogP contribution in [0.15, 0.2) is 54.6 Å². The molecule has 0 fully saturated rings. The number of aryl methyl sites for hydroxylation is 1. The van der Waals surface area contributed by atoms with Crippen molar-refractivity contribution in [3.63, 3.8) is 0 Å². The number of hydrogen-bond acceptors (Lipinski definition) is 6. The molecule has 0 bridgehead atoms. The van der Waals surface area contributed by atoms with E-state index >= 15 is 0 Å². The summed E-state index contributed by atoms with van der Waals surface area (Å²) in [6.45, 7) is 4.85. The molecule has 2 aromatic carbocycles. The molecule has 3 amide bonds. The van der Waals surface area contributed by atoms with Gasteiger partial charge in [-0.05, 0) is 55.7 Å². The van der Waals surface area contributed by atoms with Crippen LogP contribution in [0.4, 0.5) is 5.69 Å². The zero-order valence-electron chi connectivity index (χ0n) is 21.1. The molecule has 2 aromatic rings. The number of benzene rings is 2. The monoisotopic (exact) mass is 495 g/mol. The van der Waals surface area contributed by atoms with Crippen molar-refractivity contribution in [2.45, 2.75) is 33.2 Å². The van der Waals surface area contributed by atoms with Crippen molar-refractivity contribution in [3.05, 3.63) is 65.7 Å². The lowest BCUT2D eigenvalue weighted by Crippen LogP contribution is -2.43. The summed E-state index contributed by atoms with van der Waals surface area (Å²) in [7, 11) is 1.57. The van der Waals surface area contributed by atoms with Gasteiger partial charge in [-0.15, -0.1) is 0 Å². The van der Waals surface area contributed by atoms with Crippen LogP contribution in [0.25, 0.3) is 6.08 Å². The maximum Gasteiger partial charge on any atom is 0.328 e. The summed E-state index contributed by atoms with van der Waals surface area (Å²) in [6, 6.07) is 13.5. The van der Waals surface area contributed by atoms with Gasteiger partial charge in [0.15, 0.2) is 6.61 Å². The Balaban J connectivity index is 1.82. The average Bonchev–Trinajstić information content (AvgIpc) is 2.87. The van der Waals surface area contributed by atoms with Crippen LogP contribution >= 0.6 is 0 Å². The summed E-state index contributed by atoms with van der Waals surface area (Å²) >= 11 is 0. The number of amides is 3. The van der Waals surface area contributed by atoms with Crippen molar-refractivity contribution in [1.29, 1.82) is 0 Å². The highest BCUT2D eigenvalue weighted by Gasteiger charge is 2.21. The number of nitrogens with zero attached hydrogens (tertiary/aromatic N) is 1. The maximum absolute atomic E-state index is 12.6. The molecular formula is C27H33N3O6. The molecule has 0 saturated carbocycles. The Morgan fingerprint density at radius 2 is 1.75 bits per heavy atom. The molecule has 9 nitrogen and oxygen atoms in total. The van der Waals surface area contributed by atoms with E-state index < -0.39 is 30.4 Å². The first kappa shape index (κ1) is 28.1. The number of rotatable bonds is 12. The van der Waals surface area contributed by atoms with E-state index in [1.54, 1.807) is 43.5 Å². The summed E-state index contributed by atoms with van der Waals surface area (Å²) in [5.41, 5.74) is 2.36. The van der Waals surface area contributed by atoms with Gasteiger partial charge in [0.05, 0.1) is 13.7 Å². The van der Waals surface area contributed by atoms with Gasteiger partial charge in [0, 0.05) is 18.3 Å². The first-order valence-corrected chi connectivity index (χ1v) is 11.7. The highest BCUT2D eigenvalue weighted by molar-refractivity contribution is 5.96. The van der Waals surface area contributed by atoms with Crippen molar-refractivity contribution in [1.82, 2.24) is 10.2 Å². The molecule has 0 saturated heterocycles. The van der Waals surface area contributed by atoms with E-state index in [4.69, 9.17) is 9.47 Å². The van der Waals surface area contributed by atoms with Crippen molar-refractivity contribution >= 4 is 35.5 Å². The lowest BCUT2D eigenvalue weighted by atomic mass is 10.2. The Labute approximate surface area is 211 Å². The minimum Gasteiger partial charge on any atom is -0.497 e. The topological polar surface area (TPSA) is 114 Å². The summed E-state index contributed by atoms with van der Waals surface area (Å²) < 4.78 is 10.2. The van der Waals surface area contributed by atoms with Crippen LogP contribution in [-0.2, 0) is 23.9 Å². The van der Waals surface area contributed by atoms with Crippen molar-refractivity contribution in [2.75, 3.05) is 32.1 Å². The molecule has 0 aliphatic heterocycles. The molecule has 0 spiro atoms. The van der Waals surface area contributed by atoms with Gasteiger partial charge in [0.25, 0.3) is 5.91 Å². The molecule has 0 aromatic heterocycles. The average molecular weight is 496 g/mol. The third-order valence-electron chi connectivity index (χ3n) is 5.19. The summed E-state index contributed by atoms with van der Waals surface area (Å²) in [5, 5.41) is 5.29. The smallest absolute Gasteiger partial charge is 0.328 e. The third-order valence-corrected chi connectivity index (χ3v) is 5.19. The molecule has 192 valence electrons. The minimum absolute atomic E-state index is 0.166. The van der Waals surface area contributed by atoms with E-state index in [9.17, 15) is 19.2 Å². The Morgan fingerprint density at radius 1 is 1.06 bits per heavy atom. The minimum atomic E-state index is -0.963. The number of methoxy groups -OCH3 is 1. The van der Waals surface area contributed by atoms with Gasteiger partial charge >= 0.3 is 5.97 Å². The third kappa shape index (κ3) is 9.25. The number of carbonyl (C=O) groups is 4. The summed E-state index contributed by atoms with van der Waals surface area (Å²) in [4.78, 5) is 50.8. The Morgan fingerprint density at radius 3 is 2.39 bits per heavy atom.